The Morgan fingerprint density at radius 3 is 3.00 bits per heavy atom. The number of nitrogens with zero attached hydrogens (tertiary/aromatic N) is 4. The number of piperidine rings is 1. The van der Waals surface area contributed by atoms with Crippen LogP contribution in [0.15, 0.2) is 28.2 Å². The van der Waals surface area contributed by atoms with Crippen LogP contribution in [0.5, 0.6) is 0 Å². The van der Waals surface area contributed by atoms with E-state index < -0.39 is 0 Å². The lowest BCUT2D eigenvalue weighted by atomic mass is 10.1. The number of thiophene rings is 1. The second-order valence-corrected chi connectivity index (χ2v) is 8.61. The summed E-state index contributed by atoms with van der Waals surface area (Å²) in [5.41, 5.74) is 0. The highest BCUT2D eigenvalue weighted by molar-refractivity contribution is 9.11. The molecular weight excluding hydrogens is 374 g/mol. The van der Waals surface area contributed by atoms with Crippen LogP contribution < -0.4 is 10.2 Å². The van der Waals surface area contributed by atoms with Gasteiger partial charge in [-0.25, -0.2) is 4.98 Å². The Labute approximate surface area is 149 Å². The average Bonchev–Trinajstić information content (AvgIpc) is 2.93. The summed E-state index contributed by atoms with van der Waals surface area (Å²) in [6.07, 6.45) is 4.22. The molecule has 7 heteroatoms. The number of rotatable bonds is 5. The molecule has 1 fully saturated rings. The first-order valence-corrected chi connectivity index (χ1v) is 9.44. The summed E-state index contributed by atoms with van der Waals surface area (Å²) >= 11 is 5.36. The van der Waals surface area contributed by atoms with Crippen molar-refractivity contribution >= 4 is 39.0 Å². The number of aromatic nitrogens is 2. The smallest absolute Gasteiger partial charge is 0.226 e. The van der Waals surface area contributed by atoms with Gasteiger partial charge >= 0.3 is 0 Å². The van der Waals surface area contributed by atoms with Crippen LogP contribution in [0.4, 0.5) is 11.8 Å². The predicted octanol–water partition coefficient (Wildman–Crippen LogP) is 3.44. The predicted molar refractivity (Wildman–Crippen MR) is 100 cm³/mol. The van der Waals surface area contributed by atoms with E-state index in [-0.39, 0.29) is 0 Å². The molecule has 23 heavy (non-hydrogen) atoms. The highest BCUT2D eigenvalue weighted by Gasteiger charge is 2.20. The van der Waals surface area contributed by atoms with Crippen LogP contribution in [0.1, 0.15) is 17.7 Å². The van der Waals surface area contributed by atoms with Crippen LogP contribution in [0.2, 0.25) is 0 Å². The van der Waals surface area contributed by atoms with E-state index in [0.717, 1.165) is 24.9 Å². The van der Waals surface area contributed by atoms with E-state index in [1.165, 1.54) is 28.0 Å². The van der Waals surface area contributed by atoms with Crippen molar-refractivity contribution in [3.05, 3.63) is 33.1 Å². The molecule has 1 unspecified atom stereocenters. The van der Waals surface area contributed by atoms with Gasteiger partial charge in [0.2, 0.25) is 5.95 Å². The van der Waals surface area contributed by atoms with Crippen LogP contribution >= 0.6 is 27.3 Å². The van der Waals surface area contributed by atoms with Gasteiger partial charge in [0, 0.05) is 44.3 Å². The molecule has 1 aliphatic heterocycles. The average molecular weight is 396 g/mol. The molecule has 0 amide bonds. The van der Waals surface area contributed by atoms with Crippen LogP contribution in [-0.2, 0) is 6.54 Å². The van der Waals surface area contributed by atoms with Crippen LogP contribution in [0.25, 0.3) is 0 Å². The minimum Gasteiger partial charge on any atom is -0.366 e. The van der Waals surface area contributed by atoms with Gasteiger partial charge in [-0.1, -0.05) is 0 Å². The van der Waals surface area contributed by atoms with Gasteiger partial charge in [-0.2, -0.15) is 4.98 Å². The largest absolute Gasteiger partial charge is 0.366 e. The summed E-state index contributed by atoms with van der Waals surface area (Å²) in [5, 5.41) is 3.57. The quantitative estimate of drug-likeness (QED) is 0.839. The van der Waals surface area contributed by atoms with Gasteiger partial charge in [0.25, 0.3) is 0 Å². The summed E-state index contributed by atoms with van der Waals surface area (Å²) in [4.78, 5) is 14.7. The summed E-state index contributed by atoms with van der Waals surface area (Å²) in [6.45, 7) is 3.25. The van der Waals surface area contributed by atoms with E-state index in [9.17, 15) is 0 Å². The first-order valence-electron chi connectivity index (χ1n) is 7.83. The van der Waals surface area contributed by atoms with E-state index in [1.54, 1.807) is 0 Å². The molecule has 0 spiro atoms. The Hall–Kier alpha value is -1.18. The highest BCUT2D eigenvalue weighted by atomic mass is 79.9. The van der Waals surface area contributed by atoms with E-state index in [4.69, 9.17) is 0 Å². The Morgan fingerprint density at radius 2 is 2.26 bits per heavy atom. The number of anilines is 2. The molecule has 0 aliphatic carbocycles. The van der Waals surface area contributed by atoms with Crippen molar-refractivity contribution in [3.63, 3.8) is 0 Å². The highest BCUT2D eigenvalue weighted by Crippen LogP contribution is 2.25. The van der Waals surface area contributed by atoms with Crippen molar-refractivity contribution in [3.8, 4) is 0 Å². The lowest BCUT2D eigenvalue weighted by molar-refractivity contribution is 0.210. The summed E-state index contributed by atoms with van der Waals surface area (Å²) in [6, 6.07) is 6.72. The molecule has 0 radical (unpaired) electrons. The zero-order valence-corrected chi connectivity index (χ0v) is 15.9. The molecule has 0 aromatic carbocycles. The van der Waals surface area contributed by atoms with Crippen molar-refractivity contribution < 1.29 is 0 Å². The minimum atomic E-state index is 0.442. The molecule has 0 bridgehead atoms. The maximum atomic E-state index is 4.56. The molecule has 5 nitrogen and oxygen atoms in total. The third-order valence-electron chi connectivity index (χ3n) is 3.91. The second-order valence-electron chi connectivity index (χ2n) is 6.06. The lowest BCUT2D eigenvalue weighted by Gasteiger charge is -2.33. The molecule has 0 saturated carbocycles. The molecule has 124 valence electrons. The van der Waals surface area contributed by atoms with Crippen LogP contribution in [0, 0.1) is 0 Å². The van der Waals surface area contributed by atoms with Crippen molar-refractivity contribution in [2.24, 2.45) is 0 Å². The molecule has 3 heterocycles. The first-order chi connectivity index (χ1) is 11.1. The Kier molecular flexibility index (Phi) is 5.50. The fourth-order valence-corrected chi connectivity index (χ4v) is 4.35. The standard InChI is InChI=1S/C16H22BrN5S/c1-21(2)16-18-8-7-15(20-16)19-12-4-3-9-22(10-12)11-13-5-6-14(17)23-13/h5-8,12H,3-4,9-11H2,1-2H3,(H,18,19,20). The van der Waals surface area contributed by atoms with Gasteiger partial charge in [0.05, 0.1) is 3.79 Å². The lowest BCUT2D eigenvalue weighted by Crippen LogP contribution is -2.41. The van der Waals surface area contributed by atoms with Crippen molar-refractivity contribution in [2.75, 3.05) is 37.4 Å². The summed E-state index contributed by atoms with van der Waals surface area (Å²) in [7, 11) is 3.92. The van der Waals surface area contributed by atoms with Crippen molar-refractivity contribution in [1.82, 2.24) is 14.9 Å². The van der Waals surface area contributed by atoms with Crippen molar-refractivity contribution in [2.45, 2.75) is 25.4 Å². The van der Waals surface area contributed by atoms with E-state index in [0.29, 0.717) is 6.04 Å². The maximum absolute atomic E-state index is 4.56. The van der Waals surface area contributed by atoms with Gasteiger partial charge in [0.1, 0.15) is 5.82 Å². The van der Waals surface area contributed by atoms with Crippen LogP contribution in [0.3, 0.4) is 0 Å². The number of halogens is 1. The number of nitrogens with one attached hydrogen (secondary N) is 1. The Bertz CT molecular complexity index is 645. The maximum Gasteiger partial charge on any atom is 0.226 e. The van der Waals surface area contributed by atoms with Gasteiger partial charge in [-0.15, -0.1) is 11.3 Å². The van der Waals surface area contributed by atoms with E-state index in [2.05, 4.69) is 48.2 Å². The summed E-state index contributed by atoms with van der Waals surface area (Å²) < 4.78 is 1.20. The van der Waals surface area contributed by atoms with Crippen molar-refractivity contribution in [1.29, 1.82) is 0 Å². The van der Waals surface area contributed by atoms with Gasteiger partial charge in [-0.05, 0) is 53.5 Å². The first kappa shape index (κ1) is 16.7. The number of hydrogen-bond donors (Lipinski definition) is 1. The summed E-state index contributed by atoms with van der Waals surface area (Å²) in [5.74, 6) is 1.65. The molecule has 2 aromatic rings. The Balaban J connectivity index is 1.59. The fourth-order valence-electron chi connectivity index (χ4n) is 2.83. The molecule has 3 rings (SSSR count). The zero-order chi connectivity index (χ0) is 16.2. The fraction of sp³-hybridized carbons (Fsp3) is 0.500. The molecule has 1 N–H and O–H groups in total. The molecule has 1 aliphatic rings. The van der Waals surface area contributed by atoms with Gasteiger partial charge in [-0.3, -0.25) is 4.90 Å². The van der Waals surface area contributed by atoms with E-state index in [1.807, 2.05) is 42.6 Å². The molecule has 1 saturated heterocycles. The molecule has 1 atom stereocenters. The second kappa shape index (κ2) is 7.59. The molecular formula is C16H22BrN5S. The topological polar surface area (TPSA) is 44.3 Å². The molecule has 2 aromatic heterocycles. The van der Waals surface area contributed by atoms with Gasteiger partial charge in [0.15, 0.2) is 0 Å². The number of likely N-dealkylation sites (tertiary alicyclic amines) is 1. The van der Waals surface area contributed by atoms with Crippen LogP contribution in [-0.4, -0.2) is 48.1 Å². The monoisotopic (exact) mass is 395 g/mol. The minimum absolute atomic E-state index is 0.442. The third-order valence-corrected chi connectivity index (χ3v) is 5.52. The van der Waals surface area contributed by atoms with Gasteiger partial charge < -0.3 is 10.2 Å². The normalized spacial score (nSPS) is 18.8. The Morgan fingerprint density at radius 1 is 1.39 bits per heavy atom. The SMILES string of the molecule is CN(C)c1nccc(NC2CCCN(Cc3ccc(Br)s3)C2)n1. The third kappa shape index (κ3) is 4.65. The number of hydrogen-bond acceptors (Lipinski definition) is 6. The van der Waals surface area contributed by atoms with E-state index >= 15 is 0 Å². The zero-order valence-electron chi connectivity index (χ0n) is 13.5.